The number of carbonyl (C=O) groups is 1. The third kappa shape index (κ3) is 2.72. The molecule has 8 N–H and O–H groups in total. The highest BCUT2D eigenvalue weighted by atomic mass is 19.3. The summed E-state index contributed by atoms with van der Waals surface area (Å²) in [6.07, 6.45) is 6.07. The van der Waals surface area contributed by atoms with Gasteiger partial charge < -0.3 is 27.4 Å². The SMILES string of the molecule is C[C@H](CC(F)(F)C(=O)O)[C@H]1CC[C@@]2(N)C3(N)CC=C4C[C@@H](O)CC[C@]4(C)[C@@]3(N)CC[C@]12C. The lowest BCUT2D eigenvalue weighted by Crippen LogP contribution is -2.88. The number of hydrogen-bond donors (Lipinski definition) is 5. The van der Waals surface area contributed by atoms with Crippen LogP contribution in [-0.4, -0.2) is 44.8 Å². The van der Waals surface area contributed by atoms with E-state index in [0.29, 0.717) is 44.9 Å². The molecule has 4 aliphatic carbocycles. The molecule has 4 rings (SSSR count). The maximum absolute atomic E-state index is 14.1. The fourth-order valence-corrected chi connectivity index (χ4v) is 8.52. The van der Waals surface area contributed by atoms with E-state index in [4.69, 9.17) is 22.3 Å². The largest absolute Gasteiger partial charge is 0.477 e. The molecular formula is C24H39F2N3O3. The molecule has 0 heterocycles. The molecule has 1 unspecified atom stereocenters. The summed E-state index contributed by atoms with van der Waals surface area (Å²) in [5, 5.41) is 19.2. The van der Waals surface area contributed by atoms with Crippen molar-refractivity contribution >= 4 is 5.97 Å². The van der Waals surface area contributed by atoms with Gasteiger partial charge in [0.05, 0.1) is 11.6 Å². The van der Waals surface area contributed by atoms with E-state index < -0.39 is 46.3 Å². The zero-order valence-electron chi connectivity index (χ0n) is 19.5. The number of aliphatic carboxylic acids is 1. The maximum atomic E-state index is 14.1. The summed E-state index contributed by atoms with van der Waals surface area (Å²) in [4.78, 5) is 11.0. The number of halogens is 2. The Morgan fingerprint density at radius 2 is 1.78 bits per heavy atom. The summed E-state index contributed by atoms with van der Waals surface area (Å²) in [5.74, 6) is -6.51. The maximum Gasteiger partial charge on any atom is 0.374 e. The van der Waals surface area contributed by atoms with Crippen molar-refractivity contribution < 1.29 is 23.8 Å². The Kier molecular flexibility index (Phi) is 5.23. The highest BCUT2D eigenvalue weighted by Crippen LogP contribution is 2.69. The van der Waals surface area contributed by atoms with Gasteiger partial charge in [0.15, 0.2) is 0 Å². The first-order valence-electron chi connectivity index (χ1n) is 11.9. The first-order valence-corrected chi connectivity index (χ1v) is 11.9. The standard InChI is InChI=1S/C24H39F2N3O3/c1-14(13-21(25,26)18(31)32)17-6-9-22(27)20(17,3)10-11-23(28)19(2)7-5-16(30)12-15(19)4-8-24(22,23)29/h4,14,16-17,30H,5-13,27-29H2,1-3H3,(H,31,32)/t14-,16+,17-,19+,20-,22+,23+,24?/m1/s1. The van der Waals surface area contributed by atoms with Crippen LogP contribution < -0.4 is 17.2 Å². The van der Waals surface area contributed by atoms with Crippen molar-refractivity contribution in [2.75, 3.05) is 0 Å². The molecule has 0 bridgehead atoms. The molecule has 8 atom stereocenters. The van der Waals surface area contributed by atoms with E-state index >= 15 is 0 Å². The van der Waals surface area contributed by atoms with Gasteiger partial charge in [-0.25, -0.2) is 4.79 Å². The van der Waals surface area contributed by atoms with Gasteiger partial charge in [0, 0.05) is 22.9 Å². The number of carboxylic acids is 1. The Balaban J connectivity index is 1.72. The number of hydrogen-bond acceptors (Lipinski definition) is 5. The Morgan fingerprint density at radius 3 is 2.41 bits per heavy atom. The van der Waals surface area contributed by atoms with Crippen LogP contribution in [0, 0.1) is 22.7 Å². The molecule has 3 saturated carbocycles. The number of nitrogens with two attached hydrogens (primary N) is 3. The van der Waals surface area contributed by atoms with Crippen LogP contribution >= 0.6 is 0 Å². The van der Waals surface area contributed by atoms with E-state index in [-0.39, 0.29) is 17.4 Å². The van der Waals surface area contributed by atoms with Gasteiger partial charge in [-0.2, -0.15) is 8.78 Å². The normalized spacial score (nSPS) is 49.5. The second-order valence-corrected chi connectivity index (χ2v) is 11.8. The fourth-order valence-electron chi connectivity index (χ4n) is 8.52. The van der Waals surface area contributed by atoms with Gasteiger partial charge in [0.1, 0.15) is 0 Å². The molecule has 182 valence electrons. The topological polar surface area (TPSA) is 136 Å². The molecular weight excluding hydrogens is 416 g/mol. The van der Waals surface area contributed by atoms with Gasteiger partial charge in [0.2, 0.25) is 0 Å². The van der Waals surface area contributed by atoms with Crippen molar-refractivity contribution in [2.45, 2.75) is 107 Å². The summed E-state index contributed by atoms with van der Waals surface area (Å²) >= 11 is 0. The van der Waals surface area contributed by atoms with Crippen LogP contribution in [0.5, 0.6) is 0 Å². The third-order valence-corrected chi connectivity index (χ3v) is 10.7. The first kappa shape index (κ1) is 24.0. The van der Waals surface area contributed by atoms with Crippen LogP contribution in [0.4, 0.5) is 8.78 Å². The zero-order valence-corrected chi connectivity index (χ0v) is 19.5. The van der Waals surface area contributed by atoms with E-state index in [9.17, 15) is 18.7 Å². The van der Waals surface area contributed by atoms with Crippen LogP contribution in [-0.2, 0) is 4.79 Å². The monoisotopic (exact) mass is 455 g/mol. The summed E-state index contributed by atoms with van der Waals surface area (Å²) in [6.45, 7) is 5.93. The molecule has 0 aromatic rings. The van der Waals surface area contributed by atoms with E-state index in [1.54, 1.807) is 6.92 Å². The van der Waals surface area contributed by atoms with Gasteiger partial charge in [-0.15, -0.1) is 0 Å². The second kappa shape index (κ2) is 6.96. The van der Waals surface area contributed by atoms with Crippen LogP contribution in [0.3, 0.4) is 0 Å². The van der Waals surface area contributed by atoms with E-state index in [1.807, 2.05) is 0 Å². The number of aliphatic hydroxyl groups is 1. The second-order valence-electron chi connectivity index (χ2n) is 11.8. The van der Waals surface area contributed by atoms with Crippen molar-refractivity contribution in [2.24, 2.45) is 39.9 Å². The third-order valence-electron chi connectivity index (χ3n) is 10.7. The minimum atomic E-state index is -3.76. The van der Waals surface area contributed by atoms with Crippen molar-refractivity contribution in [3.63, 3.8) is 0 Å². The van der Waals surface area contributed by atoms with Gasteiger partial charge in [-0.3, -0.25) is 0 Å². The lowest BCUT2D eigenvalue weighted by atomic mass is 9.38. The summed E-state index contributed by atoms with van der Waals surface area (Å²) in [7, 11) is 0. The zero-order chi connectivity index (χ0) is 24.0. The molecule has 0 aromatic heterocycles. The van der Waals surface area contributed by atoms with Crippen molar-refractivity contribution in [3.05, 3.63) is 11.6 Å². The van der Waals surface area contributed by atoms with Crippen molar-refractivity contribution in [1.82, 2.24) is 0 Å². The smallest absolute Gasteiger partial charge is 0.374 e. The average molecular weight is 456 g/mol. The first-order chi connectivity index (χ1) is 14.6. The van der Waals surface area contributed by atoms with Crippen LogP contribution in [0.25, 0.3) is 0 Å². The van der Waals surface area contributed by atoms with Crippen molar-refractivity contribution in [3.8, 4) is 0 Å². The number of alkyl halides is 2. The van der Waals surface area contributed by atoms with Gasteiger partial charge in [-0.05, 0) is 68.6 Å². The molecule has 32 heavy (non-hydrogen) atoms. The minimum Gasteiger partial charge on any atom is -0.477 e. The Morgan fingerprint density at radius 1 is 1.12 bits per heavy atom. The van der Waals surface area contributed by atoms with E-state index in [2.05, 4.69) is 19.9 Å². The molecule has 0 amide bonds. The molecule has 0 radical (unpaired) electrons. The number of fused-ring (bicyclic) bond motifs is 5. The molecule has 3 fully saturated rings. The molecule has 0 spiro atoms. The molecule has 0 aliphatic heterocycles. The lowest BCUT2D eigenvalue weighted by molar-refractivity contribution is -0.169. The summed E-state index contributed by atoms with van der Waals surface area (Å²) in [6, 6.07) is 0. The Bertz CT molecular complexity index is 852. The van der Waals surface area contributed by atoms with Crippen LogP contribution in [0.2, 0.25) is 0 Å². The fraction of sp³-hybridized carbons (Fsp3) is 0.875. The molecule has 0 saturated heterocycles. The Hall–Kier alpha value is -1.09. The van der Waals surface area contributed by atoms with E-state index in [0.717, 1.165) is 12.0 Å². The number of rotatable bonds is 4. The molecule has 0 aromatic carbocycles. The predicted molar refractivity (Wildman–Crippen MR) is 118 cm³/mol. The number of aliphatic hydroxyl groups excluding tert-OH is 1. The molecule has 6 nitrogen and oxygen atoms in total. The van der Waals surface area contributed by atoms with Gasteiger partial charge in [-0.1, -0.05) is 32.4 Å². The van der Waals surface area contributed by atoms with Gasteiger partial charge in [0.25, 0.3) is 0 Å². The Labute approximate surface area is 189 Å². The minimum absolute atomic E-state index is 0.158. The quantitative estimate of drug-likeness (QED) is 0.414. The molecule has 4 aliphatic rings. The number of carboxylic acid groups (broad SMARTS) is 1. The van der Waals surface area contributed by atoms with E-state index in [1.165, 1.54) is 0 Å². The van der Waals surface area contributed by atoms with Crippen LogP contribution in [0.1, 0.15) is 78.6 Å². The predicted octanol–water partition coefficient (Wildman–Crippen LogP) is 2.92. The van der Waals surface area contributed by atoms with Gasteiger partial charge >= 0.3 is 11.9 Å². The highest BCUT2D eigenvalue weighted by Gasteiger charge is 2.75. The summed E-state index contributed by atoms with van der Waals surface area (Å²) < 4.78 is 28.1. The highest BCUT2D eigenvalue weighted by molar-refractivity contribution is 5.75. The lowest BCUT2D eigenvalue weighted by Gasteiger charge is -2.71. The summed E-state index contributed by atoms with van der Waals surface area (Å²) in [5.41, 5.74) is 19.5. The average Bonchev–Trinajstić information content (AvgIpc) is 2.98. The van der Waals surface area contributed by atoms with Crippen molar-refractivity contribution in [1.29, 1.82) is 0 Å². The van der Waals surface area contributed by atoms with Crippen LogP contribution in [0.15, 0.2) is 11.6 Å². The molecule has 8 heteroatoms.